The zero-order chi connectivity index (χ0) is 17.2. The third-order valence-corrected chi connectivity index (χ3v) is 9.15. The van der Waals surface area contributed by atoms with E-state index in [2.05, 4.69) is 39.2 Å². The number of alkyl carbamates (subject to hydrolysis) is 1. The second kappa shape index (κ2) is 6.91. The molecule has 2 unspecified atom stereocenters. The maximum absolute atomic E-state index is 11.9. The molecule has 0 aromatic rings. The fourth-order valence-corrected chi connectivity index (χ4v) is 3.85. The Balaban J connectivity index is 2.53. The standard InChI is InChI=1S/C17H35NO3Si/c1-16(2,3)20-15(19)18-13-10-9-11-14(12-13)21-22(7,8)17(4,5)6/h13-14H,9-12H2,1-8H3,(H,18,19). The van der Waals surface area contributed by atoms with Crippen LogP contribution < -0.4 is 5.32 Å². The molecule has 5 heteroatoms. The molecule has 22 heavy (non-hydrogen) atoms. The van der Waals surface area contributed by atoms with Crippen LogP contribution in [0.2, 0.25) is 18.1 Å². The van der Waals surface area contributed by atoms with Gasteiger partial charge in [-0.2, -0.15) is 0 Å². The van der Waals surface area contributed by atoms with Crippen molar-refractivity contribution in [2.75, 3.05) is 0 Å². The Morgan fingerprint density at radius 3 is 2.18 bits per heavy atom. The first-order valence-electron chi connectivity index (χ1n) is 8.47. The SMILES string of the molecule is CC(C)(C)OC(=O)NC1CCCC(O[Si](C)(C)C(C)(C)C)C1. The summed E-state index contributed by atoms with van der Waals surface area (Å²) in [4.78, 5) is 11.9. The first kappa shape index (κ1) is 19.5. The molecule has 0 heterocycles. The van der Waals surface area contributed by atoms with Gasteiger partial charge in [0.2, 0.25) is 0 Å². The van der Waals surface area contributed by atoms with Crippen LogP contribution in [0, 0.1) is 0 Å². The van der Waals surface area contributed by atoms with Crippen LogP contribution in [0.4, 0.5) is 4.79 Å². The van der Waals surface area contributed by atoms with Gasteiger partial charge in [0, 0.05) is 12.1 Å². The van der Waals surface area contributed by atoms with Gasteiger partial charge in [0.15, 0.2) is 8.32 Å². The van der Waals surface area contributed by atoms with Gasteiger partial charge in [-0.1, -0.05) is 20.8 Å². The Labute approximate surface area is 137 Å². The molecule has 0 aliphatic heterocycles. The molecule has 0 bridgehead atoms. The molecule has 0 aromatic carbocycles. The lowest BCUT2D eigenvalue weighted by atomic mass is 9.93. The molecule has 1 fully saturated rings. The second-order valence-corrected chi connectivity index (χ2v) is 13.8. The Kier molecular flexibility index (Phi) is 6.12. The summed E-state index contributed by atoms with van der Waals surface area (Å²) in [6.07, 6.45) is 4.04. The molecule has 130 valence electrons. The average Bonchev–Trinajstić information content (AvgIpc) is 2.23. The van der Waals surface area contributed by atoms with Gasteiger partial charge in [-0.3, -0.25) is 0 Å². The second-order valence-electron chi connectivity index (χ2n) is 9.01. The molecule has 1 N–H and O–H groups in total. The van der Waals surface area contributed by atoms with Crippen LogP contribution >= 0.6 is 0 Å². The Hall–Kier alpha value is -0.553. The molecule has 1 aliphatic rings. The quantitative estimate of drug-likeness (QED) is 0.753. The van der Waals surface area contributed by atoms with E-state index in [1.54, 1.807) is 0 Å². The van der Waals surface area contributed by atoms with Gasteiger partial charge in [-0.05, 0) is 64.6 Å². The zero-order valence-corrected chi connectivity index (χ0v) is 16.7. The van der Waals surface area contributed by atoms with Crippen LogP contribution in [0.3, 0.4) is 0 Å². The Morgan fingerprint density at radius 2 is 1.68 bits per heavy atom. The van der Waals surface area contributed by atoms with Crippen LogP contribution in [0.5, 0.6) is 0 Å². The van der Waals surface area contributed by atoms with E-state index < -0.39 is 13.9 Å². The van der Waals surface area contributed by atoms with Gasteiger partial charge < -0.3 is 14.5 Å². The predicted molar refractivity (Wildman–Crippen MR) is 93.7 cm³/mol. The molecule has 0 spiro atoms. The molecule has 1 aliphatic carbocycles. The fraction of sp³-hybridized carbons (Fsp3) is 0.941. The van der Waals surface area contributed by atoms with Crippen molar-refractivity contribution in [1.29, 1.82) is 0 Å². The summed E-state index contributed by atoms with van der Waals surface area (Å²) in [6.45, 7) is 17.0. The van der Waals surface area contributed by atoms with Gasteiger partial charge in [-0.25, -0.2) is 4.79 Å². The van der Waals surface area contributed by atoms with Crippen LogP contribution in [0.15, 0.2) is 0 Å². The molecule has 1 saturated carbocycles. The van der Waals surface area contributed by atoms with Crippen LogP contribution in [-0.4, -0.2) is 32.2 Å². The normalized spacial score (nSPS) is 24.0. The summed E-state index contributed by atoms with van der Waals surface area (Å²) in [5, 5.41) is 3.22. The third kappa shape index (κ3) is 6.29. The maximum Gasteiger partial charge on any atom is 0.407 e. The molecule has 1 amide bonds. The summed E-state index contributed by atoms with van der Waals surface area (Å²) in [5.41, 5.74) is -0.449. The monoisotopic (exact) mass is 329 g/mol. The lowest BCUT2D eigenvalue weighted by Gasteiger charge is -2.41. The van der Waals surface area contributed by atoms with Crippen LogP contribution in [0.1, 0.15) is 67.2 Å². The summed E-state index contributed by atoms with van der Waals surface area (Å²) < 4.78 is 11.9. The van der Waals surface area contributed by atoms with Gasteiger partial charge in [-0.15, -0.1) is 0 Å². The number of amides is 1. The molecular weight excluding hydrogens is 294 g/mol. The largest absolute Gasteiger partial charge is 0.444 e. The van der Waals surface area contributed by atoms with Crippen molar-refractivity contribution < 1.29 is 14.0 Å². The molecule has 1 rings (SSSR count). The number of hydrogen-bond donors (Lipinski definition) is 1. The van der Waals surface area contributed by atoms with Gasteiger partial charge in [0.1, 0.15) is 5.60 Å². The van der Waals surface area contributed by atoms with E-state index >= 15 is 0 Å². The highest BCUT2D eigenvalue weighted by Crippen LogP contribution is 2.39. The van der Waals surface area contributed by atoms with E-state index in [9.17, 15) is 4.79 Å². The third-order valence-electron chi connectivity index (χ3n) is 4.61. The minimum absolute atomic E-state index is 0.165. The number of hydrogen-bond acceptors (Lipinski definition) is 3. The molecular formula is C17H35NO3Si. The van der Waals surface area contributed by atoms with Gasteiger partial charge in [0.05, 0.1) is 0 Å². The lowest BCUT2D eigenvalue weighted by Crippen LogP contribution is -2.48. The highest BCUT2D eigenvalue weighted by molar-refractivity contribution is 6.74. The van der Waals surface area contributed by atoms with Crippen molar-refractivity contribution in [1.82, 2.24) is 5.32 Å². The fourth-order valence-electron chi connectivity index (χ4n) is 2.45. The predicted octanol–water partition coefficient (Wildman–Crippen LogP) is 4.84. The first-order chi connectivity index (χ1) is 9.80. The number of carbonyl (C=O) groups excluding carboxylic acids is 1. The summed E-state index contributed by atoms with van der Waals surface area (Å²) in [7, 11) is -1.74. The minimum atomic E-state index is -1.74. The number of nitrogens with one attached hydrogen (secondary N) is 1. The van der Waals surface area contributed by atoms with E-state index in [1.807, 2.05) is 20.8 Å². The van der Waals surface area contributed by atoms with E-state index in [0.717, 1.165) is 25.7 Å². The maximum atomic E-state index is 11.9. The smallest absolute Gasteiger partial charge is 0.407 e. The summed E-state index contributed by atoms with van der Waals surface area (Å²) in [5.74, 6) is 0. The van der Waals surface area contributed by atoms with Crippen LogP contribution in [-0.2, 0) is 9.16 Å². The van der Waals surface area contributed by atoms with E-state index in [0.29, 0.717) is 0 Å². The van der Waals surface area contributed by atoms with Crippen molar-refractivity contribution in [3.05, 3.63) is 0 Å². The van der Waals surface area contributed by atoms with Gasteiger partial charge in [0.25, 0.3) is 0 Å². The molecule has 0 radical (unpaired) electrons. The number of ether oxygens (including phenoxy) is 1. The molecule has 4 nitrogen and oxygen atoms in total. The Morgan fingerprint density at radius 1 is 1.09 bits per heavy atom. The van der Waals surface area contributed by atoms with E-state index in [4.69, 9.17) is 9.16 Å². The Bertz CT molecular complexity index is 382. The molecule has 0 saturated heterocycles. The topological polar surface area (TPSA) is 47.6 Å². The average molecular weight is 330 g/mol. The van der Waals surface area contributed by atoms with Crippen molar-refractivity contribution in [3.63, 3.8) is 0 Å². The van der Waals surface area contributed by atoms with E-state index in [1.165, 1.54) is 0 Å². The highest BCUT2D eigenvalue weighted by Gasteiger charge is 2.40. The lowest BCUT2D eigenvalue weighted by molar-refractivity contribution is 0.0457. The van der Waals surface area contributed by atoms with Crippen molar-refractivity contribution >= 4 is 14.4 Å². The van der Waals surface area contributed by atoms with Crippen LogP contribution in [0.25, 0.3) is 0 Å². The highest BCUT2D eigenvalue weighted by atomic mass is 28.4. The summed E-state index contributed by atoms with van der Waals surface area (Å²) in [6, 6.07) is 0.165. The van der Waals surface area contributed by atoms with Crippen molar-refractivity contribution in [3.8, 4) is 0 Å². The molecule has 2 atom stereocenters. The molecule has 0 aromatic heterocycles. The summed E-state index contributed by atoms with van der Waals surface area (Å²) >= 11 is 0. The first-order valence-corrected chi connectivity index (χ1v) is 11.4. The number of rotatable bonds is 3. The zero-order valence-electron chi connectivity index (χ0n) is 15.7. The van der Waals surface area contributed by atoms with Crippen molar-refractivity contribution in [2.45, 2.75) is 103 Å². The minimum Gasteiger partial charge on any atom is -0.444 e. The van der Waals surface area contributed by atoms with Crippen molar-refractivity contribution in [2.24, 2.45) is 0 Å². The van der Waals surface area contributed by atoms with E-state index in [-0.39, 0.29) is 23.3 Å². The van der Waals surface area contributed by atoms with Gasteiger partial charge >= 0.3 is 6.09 Å². The number of carbonyl (C=O) groups is 1.